The van der Waals surface area contributed by atoms with Gasteiger partial charge in [-0.2, -0.15) is 0 Å². The second-order valence-electron chi connectivity index (χ2n) is 5.73. The van der Waals surface area contributed by atoms with Gasteiger partial charge in [0.05, 0.1) is 18.5 Å². The van der Waals surface area contributed by atoms with Crippen LogP contribution in [0.2, 0.25) is 0 Å². The molecule has 0 atom stereocenters. The van der Waals surface area contributed by atoms with Crippen molar-refractivity contribution in [3.8, 4) is 5.75 Å². The van der Waals surface area contributed by atoms with Crippen molar-refractivity contribution in [2.24, 2.45) is 0 Å². The standard InChI is InChI=1S/C19H17N3O2/c1-24-13-4-5-16-15(9-13)14-6-8-21-17(19(14)22-16)10-18(23)12-3-2-7-20-11-12/h2-5,7,9-11,21-22H,6,8H2,1H3. The van der Waals surface area contributed by atoms with Crippen molar-refractivity contribution in [1.82, 2.24) is 15.3 Å². The van der Waals surface area contributed by atoms with Crippen molar-refractivity contribution in [3.05, 3.63) is 65.6 Å². The predicted octanol–water partition coefficient (Wildman–Crippen LogP) is 2.94. The van der Waals surface area contributed by atoms with Crippen LogP contribution in [0.3, 0.4) is 0 Å². The summed E-state index contributed by atoms with van der Waals surface area (Å²) in [5.41, 5.74) is 4.64. The normalized spacial score (nSPS) is 15.1. The molecule has 3 heterocycles. The highest BCUT2D eigenvalue weighted by atomic mass is 16.5. The van der Waals surface area contributed by atoms with E-state index in [0.717, 1.165) is 41.0 Å². The summed E-state index contributed by atoms with van der Waals surface area (Å²) >= 11 is 0. The van der Waals surface area contributed by atoms with Crippen LogP contribution in [-0.4, -0.2) is 29.4 Å². The van der Waals surface area contributed by atoms with E-state index in [1.165, 1.54) is 5.56 Å². The van der Waals surface area contributed by atoms with Gasteiger partial charge in [-0.3, -0.25) is 9.78 Å². The van der Waals surface area contributed by atoms with E-state index in [-0.39, 0.29) is 5.78 Å². The highest BCUT2D eigenvalue weighted by Crippen LogP contribution is 2.32. The summed E-state index contributed by atoms with van der Waals surface area (Å²) in [4.78, 5) is 19.9. The number of nitrogens with zero attached hydrogens (tertiary/aromatic N) is 1. The van der Waals surface area contributed by atoms with Crippen LogP contribution in [0.5, 0.6) is 5.75 Å². The Kier molecular flexibility index (Phi) is 3.54. The topological polar surface area (TPSA) is 67.0 Å². The van der Waals surface area contributed by atoms with Crippen molar-refractivity contribution in [2.45, 2.75) is 6.42 Å². The van der Waals surface area contributed by atoms with Crippen molar-refractivity contribution in [1.29, 1.82) is 0 Å². The number of rotatable bonds is 3. The Bertz CT molecular complexity index is 942. The molecule has 24 heavy (non-hydrogen) atoms. The molecule has 1 aliphatic heterocycles. The Hall–Kier alpha value is -3.08. The lowest BCUT2D eigenvalue weighted by molar-refractivity contribution is 0.104. The van der Waals surface area contributed by atoms with Crippen LogP contribution >= 0.6 is 0 Å². The number of methoxy groups -OCH3 is 1. The SMILES string of the molecule is COc1ccc2[nH]c3c(c2c1)CCNC3=CC(=O)c1cccnc1. The average molecular weight is 319 g/mol. The largest absolute Gasteiger partial charge is 0.497 e. The Morgan fingerprint density at radius 1 is 1.33 bits per heavy atom. The summed E-state index contributed by atoms with van der Waals surface area (Å²) in [7, 11) is 1.67. The lowest BCUT2D eigenvalue weighted by Crippen LogP contribution is -2.23. The number of benzene rings is 1. The maximum Gasteiger partial charge on any atom is 0.189 e. The number of hydrogen-bond acceptors (Lipinski definition) is 4. The van der Waals surface area contributed by atoms with Gasteiger partial charge in [0.1, 0.15) is 5.75 Å². The van der Waals surface area contributed by atoms with Crippen molar-refractivity contribution in [2.75, 3.05) is 13.7 Å². The van der Waals surface area contributed by atoms with Crippen LogP contribution in [0, 0.1) is 0 Å². The molecular formula is C19H17N3O2. The predicted molar refractivity (Wildman–Crippen MR) is 93.1 cm³/mol. The average Bonchev–Trinajstić information content (AvgIpc) is 3.01. The van der Waals surface area contributed by atoms with E-state index >= 15 is 0 Å². The fraction of sp³-hybridized carbons (Fsp3) is 0.158. The Balaban J connectivity index is 1.79. The molecule has 5 nitrogen and oxygen atoms in total. The number of carbonyl (C=O) groups is 1. The van der Waals surface area contributed by atoms with Crippen LogP contribution in [0.4, 0.5) is 0 Å². The first-order chi connectivity index (χ1) is 11.8. The molecule has 0 fully saturated rings. The summed E-state index contributed by atoms with van der Waals surface area (Å²) in [6.07, 6.45) is 5.79. The Morgan fingerprint density at radius 3 is 3.04 bits per heavy atom. The molecular weight excluding hydrogens is 302 g/mol. The number of fused-ring (bicyclic) bond motifs is 3. The second kappa shape index (κ2) is 5.85. The minimum Gasteiger partial charge on any atom is -0.497 e. The highest BCUT2D eigenvalue weighted by Gasteiger charge is 2.20. The quantitative estimate of drug-likeness (QED) is 0.575. The smallest absolute Gasteiger partial charge is 0.189 e. The molecule has 0 unspecified atom stereocenters. The molecule has 2 aromatic heterocycles. The summed E-state index contributed by atoms with van der Waals surface area (Å²) in [5.74, 6) is 0.773. The monoisotopic (exact) mass is 319 g/mol. The summed E-state index contributed by atoms with van der Waals surface area (Å²) in [5, 5.41) is 4.47. The number of allylic oxidation sites excluding steroid dienone is 1. The third-order valence-electron chi connectivity index (χ3n) is 4.29. The minimum absolute atomic E-state index is 0.0605. The molecule has 0 bridgehead atoms. The molecule has 0 saturated heterocycles. The highest BCUT2D eigenvalue weighted by molar-refractivity contribution is 6.08. The first-order valence-corrected chi connectivity index (χ1v) is 7.85. The van der Waals surface area contributed by atoms with Gasteiger partial charge in [0.2, 0.25) is 0 Å². The van der Waals surface area contributed by atoms with Crippen LogP contribution in [-0.2, 0) is 6.42 Å². The molecule has 0 spiro atoms. The molecule has 0 saturated carbocycles. The van der Waals surface area contributed by atoms with E-state index in [1.54, 1.807) is 37.7 Å². The number of hydrogen-bond donors (Lipinski definition) is 2. The second-order valence-corrected chi connectivity index (χ2v) is 5.73. The van der Waals surface area contributed by atoms with E-state index < -0.39 is 0 Å². The van der Waals surface area contributed by atoms with E-state index in [9.17, 15) is 4.79 Å². The van der Waals surface area contributed by atoms with Gasteiger partial charge in [-0.05, 0) is 42.3 Å². The van der Waals surface area contributed by atoms with Crippen molar-refractivity contribution >= 4 is 22.4 Å². The lowest BCUT2D eigenvalue weighted by Gasteiger charge is -2.17. The lowest BCUT2D eigenvalue weighted by atomic mass is 10.0. The molecule has 1 aromatic carbocycles. The number of aromatic nitrogens is 2. The zero-order valence-electron chi connectivity index (χ0n) is 13.3. The van der Waals surface area contributed by atoms with Crippen LogP contribution in [0.1, 0.15) is 21.6 Å². The molecule has 5 heteroatoms. The van der Waals surface area contributed by atoms with Gasteiger partial charge in [0.15, 0.2) is 5.78 Å². The van der Waals surface area contributed by atoms with E-state index in [4.69, 9.17) is 4.74 Å². The number of nitrogens with one attached hydrogen (secondary N) is 2. The number of carbonyl (C=O) groups excluding carboxylic acids is 1. The summed E-state index contributed by atoms with van der Waals surface area (Å²) in [6, 6.07) is 9.51. The number of pyridine rings is 1. The Labute approximate surface area is 139 Å². The number of aromatic amines is 1. The van der Waals surface area contributed by atoms with E-state index in [1.807, 2.05) is 18.2 Å². The molecule has 4 rings (SSSR count). The van der Waals surface area contributed by atoms with Crippen LogP contribution in [0.15, 0.2) is 48.8 Å². The van der Waals surface area contributed by atoms with Gasteiger partial charge in [0, 0.05) is 41.5 Å². The first kappa shape index (κ1) is 14.5. The number of ketones is 1. The third-order valence-corrected chi connectivity index (χ3v) is 4.29. The minimum atomic E-state index is -0.0605. The Morgan fingerprint density at radius 2 is 2.25 bits per heavy atom. The number of H-pyrrole nitrogens is 1. The number of ether oxygens (including phenoxy) is 1. The van der Waals surface area contributed by atoms with Crippen LogP contribution in [0.25, 0.3) is 16.6 Å². The van der Waals surface area contributed by atoms with Gasteiger partial charge in [0.25, 0.3) is 0 Å². The van der Waals surface area contributed by atoms with Gasteiger partial charge in [-0.1, -0.05) is 0 Å². The summed E-state index contributed by atoms with van der Waals surface area (Å²) in [6.45, 7) is 0.795. The fourth-order valence-corrected chi connectivity index (χ4v) is 3.10. The van der Waals surface area contributed by atoms with Gasteiger partial charge >= 0.3 is 0 Å². The molecule has 120 valence electrons. The zero-order valence-corrected chi connectivity index (χ0v) is 13.3. The maximum absolute atomic E-state index is 12.4. The van der Waals surface area contributed by atoms with Crippen molar-refractivity contribution < 1.29 is 9.53 Å². The molecule has 1 aliphatic rings. The molecule has 2 N–H and O–H groups in total. The van der Waals surface area contributed by atoms with Gasteiger partial charge < -0.3 is 15.0 Å². The summed E-state index contributed by atoms with van der Waals surface area (Å²) < 4.78 is 5.33. The zero-order chi connectivity index (χ0) is 16.5. The van der Waals surface area contributed by atoms with Crippen LogP contribution < -0.4 is 10.1 Å². The maximum atomic E-state index is 12.4. The molecule has 0 radical (unpaired) electrons. The van der Waals surface area contributed by atoms with Gasteiger partial charge in [-0.15, -0.1) is 0 Å². The third kappa shape index (κ3) is 2.44. The van der Waals surface area contributed by atoms with Crippen molar-refractivity contribution in [3.63, 3.8) is 0 Å². The van der Waals surface area contributed by atoms with E-state index in [0.29, 0.717) is 5.56 Å². The van der Waals surface area contributed by atoms with Gasteiger partial charge in [-0.25, -0.2) is 0 Å². The molecule has 0 amide bonds. The molecule has 0 aliphatic carbocycles. The first-order valence-electron chi connectivity index (χ1n) is 7.85. The van der Waals surface area contributed by atoms with E-state index in [2.05, 4.69) is 15.3 Å². The molecule has 3 aromatic rings. The fourth-order valence-electron chi connectivity index (χ4n) is 3.10.